The lowest BCUT2D eigenvalue weighted by molar-refractivity contribution is -0.139. The second-order valence-corrected chi connectivity index (χ2v) is 12.0. The molecule has 5 heterocycles. The van der Waals surface area contributed by atoms with Crippen molar-refractivity contribution in [2.45, 2.75) is 78.6 Å². The van der Waals surface area contributed by atoms with Crippen LogP contribution in [-0.4, -0.2) is 43.5 Å². The van der Waals surface area contributed by atoms with Crippen LogP contribution in [0.4, 0.5) is 0 Å². The second-order valence-electron chi connectivity index (χ2n) is 10.9. The molecule has 4 aromatic heterocycles. The zero-order chi connectivity index (χ0) is 24.4. The van der Waals surface area contributed by atoms with Gasteiger partial charge in [0, 0.05) is 41.0 Å². The SMILES string of the molecule is Cc1c(-c2[nH]c3sc([C@H]4C[C@@H](C(=O)N5CCCCC5)C4)c(C)c3c2C(C)C)cn2ncnc2c1C. The van der Waals surface area contributed by atoms with Gasteiger partial charge in [0.05, 0.1) is 5.69 Å². The number of carbonyl (C=O) groups is 1. The van der Waals surface area contributed by atoms with Gasteiger partial charge in [0.25, 0.3) is 0 Å². The Hall–Kier alpha value is -2.67. The highest BCUT2D eigenvalue weighted by atomic mass is 32.1. The van der Waals surface area contributed by atoms with E-state index in [1.165, 1.54) is 67.9 Å². The van der Waals surface area contributed by atoms with Crippen LogP contribution in [0.1, 0.15) is 84.9 Å². The van der Waals surface area contributed by atoms with Crippen molar-refractivity contribution in [1.82, 2.24) is 24.5 Å². The van der Waals surface area contributed by atoms with Crippen LogP contribution in [0.15, 0.2) is 12.5 Å². The van der Waals surface area contributed by atoms with Gasteiger partial charge in [0.1, 0.15) is 11.2 Å². The molecular weight excluding hydrogens is 454 g/mol. The fourth-order valence-electron chi connectivity index (χ4n) is 6.29. The molecule has 1 aliphatic carbocycles. The van der Waals surface area contributed by atoms with Gasteiger partial charge in [-0.3, -0.25) is 4.79 Å². The highest BCUT2D eigenvalue weighted by molar-refractivity contribution is 7.19. The fraction of sp³-hybridized carbons (Fsp3) is 0.536. The van der Waals surface area contributed by atoms with Crippen LogP contribution in [0.5, 0.6) is 0 Å². The smallest absolute Gasteiger partial charge is 0.225 e. The largest absolute Gasteiger partial charge is 0.346 e. The molecule has 0 bridgehead atoms. The van der Waals surface area contributed by atoms with Crippen LogP contribution in [0, 0.1) is 26.7 Å². The third-order valence-corrected chi connectivity index (χ3v) is 9.83. The van der Waals surface area contributed by atoms with Crippen molar-refractivity contribution >= 4 is 33.1 Å². The number of nitrogens with zero attached hydrogens (tertiary/aromatic N) is 4. The lowest BCUT2D eigenvalue weighted by Gasteiger charge is -2.38. The van der Waals surface area contributed by atoms with E-state index in [4.69, 9.17) is 0 Å². The Balaban J connectivity index is 1.34. The maximum absolute atomic E-state index is 13.0. The number of nitrogens with one attached hydrogen (secondary N) is 1. The van der Waals surface area contributed by atoms with Crippen molar-refractivity contribution in [1.29, 1.82) is 0 Å². The minimum atomic E-state index is 0.220. The molecule has 184 valence electrons. The minimum Gasteiger partial charge on any atom is -0.346 e. The molecule has 6 rings (SSSR count). The molecule has 1 amide bonds. The van der Waals surface area contributed by atoms with Crippen LogP contribution in [0.25, 0.3) is 27.1 Å². The minimum absolute atomic E-state index is 0.220. The van der Waals surface area contributed by atoms with Gasteiger partial charge in [-0.15, -0.1) is 11.3 Å². The molecule has 1 aliphatic heterocycles. The first-order chi connectivity index (χ1) is 16.8. The summed E-state index contributed by atoms with van der Waals surface area (Å²) in [4.78, 5) is 26.1. The average molecular weight is 490 g/mol. The van der Waals surface area contributed by atoms with Crippen LogP contribution in [0.2, 0.25) is 0 Å². The Bertz CT molecular complexity index is 1430. The highest BCUT2D eigenvalue weighted by Crippen LogP contribution is 2.51. The maximum atomic E-state index is 13.0. The first-order valence-corrected chi connectivity index (χ1v) is 13.9. The zero-order valence-corrected chi connectivity index (χ0v) is 22.3. The third kappa shape index (κ3) is 3.53. The summed E-state index contributed by atoms with van der Waals surface area (Å²) < 4.78 is 1.89. The quantitative estimate of drug-likeness (QED) is 0.356. The molecule has 0 spiro atoms. The number of hydrogen-bond acceptors (Lipinski definition) is 4. The van der Waals surface area contributed by atoms with Crippen molar-refractivity contribution in [3.8, 4) is 11.3 Å². The van der Waals surface area contributed by atoms with Crippen molar-refractivity contribution in [2.24, 2.45) is 5.92 Å². The van der Waals surface area contributed by atoms with Crippen molar-refractivity contribution < 1.29 is 4.79 Å². The lowest BCUT2D eigenvalue weighted by atomic mass is 9.72. The molecule has 0 radical (unpaired) electrons. The Labute approximate surface area is 210 Å². The van der Waals surface area contributed by atoms with E-state index in [9.17, 15) is 4.79 Å². The number of pyridine rings is 1. The van der Waals surface area contributed by atoms with E-state index in [2.05, 4.69) is 60.8 Å². The molecule has 4 aromatic rings. The van der Waals surface area contributed by atoms with E-state index < -0.39 is 0 Å². The third-order valence-electron chi connectivity index (χ3n) is 8.46. The van der Waals surface area contributed by atoms with Crippen LogP contribution in [0.3, 0.4) is 0 Å². The topological polar surface area (TPSA) is 66.3 Å². The zero-order valence-electron chi connectivity index (χ0n) is 21.4. The number of hydrogen-bond donors (Lipinski definition) is 1. The van der Waals surface area contributed by atoms with Crippen LogP contribution < -0.4 is 0 Å². The number of H-pyrrole nitrogens is 1. The van der Waals surface area contributed by atoms with E-state index >= 15 is 0 Å². The van der Waals surface area contributed by atoms with Crippen molar-refractivity contribution in [2.75, 3.05) is 13.1 Å². The molecule has 7 heteroatoms. The Kier molecular flexibility index (Phi) is 5.51. The van der Waals surface area contributed by atoms with E-state index in [0.29, 0.717) is 17.7 Å². The van der Waals surface area contributed by atoms with Gasteiger partial charge in [0.15, 0.2) is 5.65 Å². The number of thiophene rings is 1. The summed E-state index contributed by atoms with van der Waals surface area (Å²) in [6, 6.07) is 0. The molecule has 1 saturated carbocycles. The average Bonchev–Trinajstić information content (AvgIpc) is 3.51. The van der Waals surface area contributed by atoms with E-state index in [-0.39, 0.29) is 5.92 Å². The predicted octanol–water partition coefficient (Wildman–Crippen LogP) is 6.49. The molecule has 6 nitrogen and oxygen atoms in total. The Morgan fingerprint density at radius 1 is 1.09 bits per heavy atom. The van der Waals surface area contributed by atoms with E-state index in [1.807, 2.05) is 15.9 Å². The molecule has 0 atom stereocenters. The van der Waals surface area contributed by atoms with Gasteiger partial charge in [-0.2, -0.15) is 5.10 Å². The predicted molar refractivity (Wildman–Crippen MR) is 142 cm³/mol. The van der Waals surface area contributed by atoms with Gasteiger partial charge in [-0.05, 0) is 87.0 Å². The summed E-state index contributed by atoms with van der Waals surface area (Å²) in [5, 5.41) is 5.80. The van der Waals surface area contributed by atoms with Gasteiger partial charge in [0.2, 0.25) is 5.91 Å². The number of rotatable bonds is 4. The number of fused-ring (bicyclic) bond motifs is 2. The summed E-state index contributed by atoms with van der Waals surface area (Å²) in [6.45, 7) is 13.1. The summed E-state index contributed by atoms with van der Waals surface area (Å²) in [5.74, 6) is 1.53. The van der Waals surface area contributed by atoms with Gasteiger partial charge >= 0.3 is 0 Å². The van der Waals surface area contributed by atoms with E-state index in [0.717, 1.165) is 31.6 Å². The number of carbonyl (C=O) groups excluding carboxylic acids is 1. The Morgan fingerprint density at radius 3 is 2.54 bits per heavy atom. The van der Waals surface area contributed by atoms with Gasteiger partial charge < -0.3 is 9.88 Å². The molecule has 2 fully saturated rings. The molecular formula is C28H35N5OS. The first-order valence-electron chi connectivity index (χ1n) is 13.1. The number of aryl methyl sites for hydroxylation is 2. The molecule has 1 N–H and O–H groups in total. The van der Waals surface area contributed by atoms with Gasteiger partial charge in [-0.1, -0.05) is 13.8 Å². The monoisotopic (exact) mass is 489 g/mol. The fourth-order valence-corrected chi connectivity index (χ4v) is 7.64. The number of likely N-dealkylation sites (tertiary alicyclic amines) is 1. The number of amides is 1. The van der Waals surface area contributed by atoms with E-state index in [1.54, 1.807) is 6.33 Å². The summed E-state index contributed by atoms with van der Waals surface area (Å²) >= 11 is 1.90. The first kappa shape index (κ1) is 22.8. The van der Waals surface area contributed by atoms with Crippen LogP contribution >= 0.6 is 11.3 Å². The second kappa shape index (κ2) is 8.47. The molecule has 0 unspecified atom stereocenters. The van der Waals surface area contributed by atoms with Crippen molar-refractivity contribution in [3.63, 3.8) is 0 Å². The number of aromatic nitrogens is 4. The number of piperidine rings is 1. The molecule has 1 saturated heterocycles. The molecule has 2 aliphatic rings. The maximum Gasteiger partial charge on any atom is 0.225 e. The van der Waals surface area contributed by atoms with Crippen molar-refractivity contribution in [3.05, 3.63) is 39.7 Å². The Morgan fingerprint density at radius 2 is 1.83 bits per heavy atom. The summed E-state index contributed by atoms with van der Waals surface area (Å²) in [7, 11) is 0. The van der Waals surface area contributed by atoms with Gasteiger partial charge in [-0.25, -0.2) is 9.50 Å². The van der Waals surface area contributed by atoms with Crippen LogP contribution in [-0.2, 0) is 4.79 Å². The highest BCUT2D eigenvalue weighted by Gasteiger charge is 2.40. The standard InChI is InChI=1S/C28H35N5OS/c1-15(2)22-23-18(5)25(19-11-20(12-19)28(34)32-9-7-6-8-10-32)35-27(23)31-24(22)21-13-33-26(29-14-30-33)17(4)16(21)3/h13-15,19-20,31H,6-12H2,1-5H3/t19-,20+. The molecule has 35 heavy (non-hydrogen) atoms. The molecule has 0 aromatic carbocycles. The number of aromatic amines is 1. The summed E-state index contributed by atoms with van der Waals surface area (Å²) in [5.41, 5.74) is 8.54. The normalized spacial score (nSPS) is 20.8. The summed E-state index contributed by atoms with van der Waals surface area (Å²) in [6.07, 6.45) is 9.35. The lowest BCUT2D eigenvalue weighted by Crippen LogP contribution is -2.43.